The van der Waals surface area contributed by atoms with Gasteiger partial charge >= 0.3 is 5.69 Å². The minimum atomic E-state index is -0.816. The van der Waals surface area contributed by atoms with Crippen LogP contribution in [0.25, 0.3) is 17.3 Å². The van der Waals surface area contributed by atoms with Gasteiger partial charge in [0.1, 0.15) is 5.56 Å². The molecule has 32 heavy (non-hydrogen) atoms. The van der Waals surface area contributed by atoms with Crippen molar-refractivity contribution in [3.05, 3.63) is 96.2 Å². The highest BCUT2D eigenvalue weighted by atomic mass is 35.5. The fraction of sp³-hybridized carbons (Fsp3) is 0.130. The second-order valence-corrected chi connectivity index (χ2v) is 7.56. The van der Waals surface area contributed by atoms with E-state index in [1.807, 2.05) is 24.3 Å². The van der Waals surface area contributed by atoms with Crippen LogP contribution in [0, 0.1) is 0 Å². The molecular formula is C23H19ClN4O4. The van der Waals surface area contributed by atoms with E-state index >= 15 is 0 Å². The molecule has 3 N–H and O–H groups in total. The standard InChI is InChI=1S/C23H19ClN4O4/c1-13(29)25-11-10-15-14-6-2-4-8-18(14)26-19(15)12-16-21(30)27-23(32)28(22(16)31)20-9-5-3-7-17(20)24/h2-9,12,31H,10-11H2,1H3,(H,25,29)(H,27,30,32)/b19-12-. The summed E-state index contributed by atoms with van der Waals surface area (Å²) in [5.74, 6) is -0.702. The summed E-state index contributed by atoms with van der Waals surface area (Å²) in [5.41, 5.74) is -0.201. The second-order valence-electron chi connectivity index (χ2n) is 7.15. The maximum Gasteiger partial charge on any atom is 0.335 e. The number of carbonyl (C=O) groups is 1. The largest absolute Gasteiger partial charge is 0.494 e. The van der Waals surface area contributed by atoms with Crippen LogP contribution in [-0.4, -0.2) is 27.1 Å². The van der Waals surface area contributed by atoms with Crippen molar-refractivity contribution in [2.45, 2.75) is 13.3 Å². The summed E-state index contributed by atoms with van der Waals surface area (Å²) in [6.45, 7) is 1.82. The van der Waals surface area contributed by atoms with E-state index in [0.717, 1.165) is 15.4 Å². The first-order valence-electron chi connectivity index (χ1n) is 9.83. The number of carbonyl (C=O) groups excluding carboxylic acids is 1. The maximum atomic E-state index is 12.6. The Morgan fingerprint density at radius 1 is 1.19 bits per heavy atom. The predicted molar refractivity (Wildman–Crippen MR) is 121 cm³/mol. The van der Waals surface area contributed by atoms with Crippen molar-refractivity contribution in [3.63, 3.8) is 0 Å². The molecule has 0 radical (unpaired) electrons. The van der Waals surface area contributed by atoms with E-state index < -0.39 is 17.1 Å². The van der Waals surface area contributed by atoms with E-state index in [4.69, 9.17) is 11.6 Å². The summed E-state index contributed by atoms with van der Waals surface area (Å²) in [5, 5.41) is 15.4. The average molecular weight is 451 g/mol. The normalized spacial score (nSPS) is 13.7. The van der Waals surface area contributed by atoms with Crippen molar-refractivity contribution in [1.29, 1.82) is 0 Å². The highest BCUT2D eigenvalue weighted by Crippen LogP contribution is 2.26. The third-order valence-electron chi connectivity index (χ3n) is 5.02. The number of benzene rings is 2. The minimum Gasteiger partial charge on any atom is -0.494 e. The van der Waals surface area contributed by atoms with Crippen LogP contribution in [0.4, 0.5) is 0 Å². The Morgan fingerprint density at radius 2 is 1.91 bits per heavy atom. The van der Waals surface area contributed by atoms with E-state index in [2.05, 4.69) is 15.3 Å². The van der Waals surface area contributed by atoms with Crippen LogP contribution in [-0.2, 0) is 4.79 Å². The minimum absolute atomic E-state index is 0.131. The van der Waals surface area contributed by atoms with Crippen molar-refractivity contribution >= 4 is 29.2 Å². The molecule has 0 atom stereocenters. The number of allylic oxidation sites excluding steroid dienone is 1. The zero-order valence-electron chi connectivity index (χ0n) is 17.1. The summed E-state index contributed by atoms with van der Waals surface area (Å²) in [4.78, 5) is 43.1. The number of para-hydroxylation sites is 2. The Balaban J connectivity index is 1.88. The van der Waals surface area contributed by atoms with Gasteiger partial charge in [0.05, 0.1) is 21.8 Å². The molecule has 8 nitrogen and oxygen atoms in total. The highest BCUT2D eigenvalue weighted by molar-refractivity contribution is 6.32. The SMILES string of the molecule is CC(=O)NCCC1=c2ccccc2=N/C1=C\c1c(O)n(-c2ccccc2Cl)c(=O)[nH]c1=O. The number of amides is 1. The zero-order valence-corrected chi connectivity index (χ0v) is 17.8. The van der Waals surface area contributed by atoms with Crippen LogP contribution < -0.4 is 27.1 Å². The Labute approximate surface area is 186 Å². The number of nitrogens with zero attached hydrogens (tertiary/aromatic N) is 2. The monoisotopic (exact) mass is 450 g/mol. The summed E-state index contributed by atoms with van der Waals surface area (Å²) in [6, 6.07) is 13.9. The van der Waals surface area contributed by atoms with Crippen LogP contribution in [0.1, 0.15) is 18.9 Å². The molecule has 162 valence electrons. The molecule has 0 saturated heterocycles. The van der Waals surface area contributed by atoms with Crippen molar-refractivity contribution in [2.24, 2.45) is 4.99 Å². The third kappa shape index (κ3) is 4.00. The lowest BCUT2D eigenvalue weighted by molar-refractivity contribution is -0.118. The van der Waals surface area contributed by atoms with Crippen LogP contribution in [0.2, 0.25) is 5.02 Å². The molecule has 0 bridgehead atoms. The van der Waals surface area contributed by atoms with Gasteiger partial charge in [0.25, 0.3) is 5.56 Å². The Hall–Kier alpha value is -3.91. The second kappa shape index (κ2) is 8.68. The first kappa shape index (κ1) is 21.3. The van der Waals surface area contributed by atoms with Gasteiger partial charge in [0.2, 0.25) is 11.8 Å². The molecule has 9 heteroatoms. The summed E-state index contributed by atoms with van der Waals surface area (Å²) in [6.07, 6.45) is 1.90. The van der Waals surface area contributed by atoms with Crippen molar-refractivity contribution in [1.82, 2.24) is 14.9 Å². The average Bonchev–Trinajstić information content (AvgIpc) is 3.09. The van der Waals surface area contributed by atoms with E-state index in [-0.39, 0.29) is 22.2 Å². The molecule has 4 rings (SSSR count). The van der Waals surface area contributed by atoms with Crippen LogP contribution in [0.15, 0.2) is 68.8 Å². The molecule has 2 heterocycles. The molecule has 0 unspecified atom stereocenters. The number of aromatic nitrogens is 2. The fourth-order valence-corrected chi connectivity index (χ4v) is 3.79. The number of aromatic hydroxyl groups is 1. The van der Waals surface area contributed by atoms with Crippen LogP contribution in [0.5, 0.6) is 5.88 Å². The summed E-state index contributed by atoms with van der Waals surface area (Å²) in [7, 11) is 0. The molecule has 1 amide bonds. The van der Waals surface area contributed by atoms with Gasteiger partial charge in [-0.1, -0.05) is 41.9 Å². The topological polar surface area (TPSA) is 117 Å². The van der Waals surface area contributed by atoms with Gasteiger partial charge in [0.15, 0.2) is 0 Å². The summed E-state index contributed by atoms with van der Waals surface area (Å²) < 4.78 is 0.940. The number of H-pyrrole nitrogens is 1. The molecule has 0 saturated carbocycles. The molecular weight excluding hydrogens is 432 g/mol. The zero-order chi connectivity index (χ0) is 22.8. The smallest absolute Gasteiger partial charge is 0.335 e. The van der Waals surface area contributed by atoms with E-state index in [1.54, 1.807) is 24.3 Å². The third-order valence-corrected chi connectivity index (χ3v) is 5.34. The molecule has 0 aliphatic carbocycles. The van der Waals surface area contributed by atoms with Crippen LogP contribution in [0.3, 0.4) is 0 Å². The molecule has 2 aromatic carbocycles. The first-order chi connectivity index (χ1) is 15.4. The molecule has 0 fully saturated rings. The molecule has 3 aromatic rings. The number of nitrogens with one attached hydrogen (secondary N) is 2. The van der Waals surface area contributed by atoms with Crippen molar-refractivity contribution < 1.29 is 9.90 Å². The number of hydrogen-bond donors (Lipinski definition) is 3. The van der Waals surface area contributed by atoms with Crippen LogP contribution >= 0.6 is 11.6 Å². The lowest BCUT2D eigenvalue weighted by Gasteiger charge is -2.12. The van der Waals surface area contributed by atoms with Gasteiger partial charge in [-0.15, -0.1) is 0 Å². The first-order valence-corrected chi connectivity index (χ1v) is 10.2. The van der Waals surface area contributed by atoms with Gasteiger partial charge in [-0.25, -0.2) is 14.4 Å². The van der Waals surface area contributed by atoms with Gasteiger partial charge < -0.3 is 10.4 Å². The van der Waals surface area contributed by atoms with Crippen molar-refractivity contribution in [2.75, 3.05) is 6.54 Å². The Morgan fingerprint density at radius 3 is 2.66 bits per heavy atom. The maximum absolute atomic E-state index is 12.6. The van der Waals surface area contributed by atoms with Gasteiger partial charge in [0, 0.05) is 18.7 Å². The lowest BCUT2D eigenvalue weighted by Crippen LogP contribution is -2.30. The Kier molecular flexibility index (Phi) is 5.79. The fourth-order valence-electron chi connectivity index (χ4n) is 3.57. The van der Waals surface area contributed by atoms with E-state index in [0.29, 0.717) is 24.0 Å². The van der Waals surface area contributed by atoms with Gasteiger partial charge in [-0.05, 0) is 36.3 Å². The highest BCUT2D eigenvalue weighted by Gasteiger charge is 2.19. The van der Waals surface area contributed by atoms with E-state index in [9.17, 15) is 19.5 Å². The predicted octanol–water partition coefficient (Wildman–Crippen LogP) is 1.24. The number of aromatic amines is 1. The number of halogens is 1. The number of hydrogen-bond acceptors (Lipinski definition) is 5. The molecule has 1 aliphatic rings. The van der Waals surface area contributed by atoms with Crippen molar-refractivity contribution in [3.8, 4) is 11.6 Å². The quantitative estimate of drug-likeness (QED) is 0.542. The number of fused-ring (bicyclic) bond motifs is 1. The number of rotatable bonds is 5. The lowest BCUT2D eigenvalue weighted by atomic mass is 10.1. The van der Waals surface area contributed by atoms with E-state index in [1.165, 1.54) is 13.0 Å². The molecule has 0 spiro atoms. The van der Waals surface area contributed by atoms with Gasteiger partial charge in [-0.3, -0.25) is 14.6 Å². The van der Waals surface area contributed by atoms with Gasteiger partial charge in [-0.2, -0.15) is 0 Å². The molecule has 1 aromatic heterocycles. The summed E-state index contributed by atoms with van der Waals surface area (Å²) >= 11 is 6.20. The Bertz CT molecular complexity index is 1500. The molecule has 1 aliphatic heterocycles.